The van der Waals surface area contributed by atoms with Crippen molar-refractivity contribution >= 4 is 5.69 Å². The van der Waals surface area contributed by atoms with E-state index < -0.39 is 0 Å². The Morgan fingerprint density at radius 3 is 2.81 bits per heavy atom. The summed E-state index contributed by atoms with van der Waals surface area (Å²) >= 11 is 0. The molecule has 1 unspecified atom stereocenters. The van der Waals surface area contributed by atoms with Crippen molar-refractivity contribution in [3.8, 4) is 5.75 Å². The summed E-state index contributed by atoms with van der Waals surface area (Å²) in [4.78, 5) is 0. The van der Waals surface area contributed by atoms with Crippen LogP contribution in [0.15, 0.2) is 24.3 Å². The molecule has 1 N–H and O–H groups in total. The summed E-state index contributed by atoms with van der Waals surface area (Å²) in [5.74, 6) is 0.868. The van der Waals surface area contributed by atoms with Crippen molar-refractivity contribution in [2.45, 2.75) is 12.5 Å². The molecule has 1 aliphatic rings. The lowest BCUT2D eigenvalue weighted by atomic mass is 10.2. The molecule has 4 heteroatoms. The first-order valence-corrected chi connectivity index (χ1v) is 5.46. The third-order valence-corrected chi connectivity index (χ3v) is 2.60. The first-order chi connectivity index (χ1) is 7.88. The van der Waals surface area contributed by atoms with E-state index in [9.17, 15) is 0 Å². The highest BCUT2D eigenvalue weighted by atomic mass is 16.7. The van der Waals surface area contributed by atoms with Gasteiger partial charge in [0.05, 0.1) is 19.8 Å². The normalized spacial score (nSPS) is 20.4. The molecular weight excluding hydrogens is 206 g/mol. The number of ether oxygens (including phenoxy) is 3. The van der Waals surface area contributed by atoms with Gasteiger partial charge in [-0.1, -0.05) is 0 Å². The Kier molecular flexibility index (Phi) is 4.02. The molecule has 1 aliphatic heterocycles. The second-order valence-corrected chi connectivity index (χ2v) is 3.71. The smallest absolute Gasteiger partial charge is 0.147 e. The maximum Gasteiger partial charge on any atom is 0.147 e. The number of nitrogens with one attached hydrogen (secondary N) is 1. The molecule has 0 amide bonds. The maximum atomic E-state index is 5.44. The van der Waals surface area contributed by atoms with Crippen LogP contribution in [0.3, 0.4) is 0 Å². The lowest BCUT2D eigenvalue weighted by molar-refractivity contribution is -0.133. The topological polar surface area (TPSA) is 39.7 Å². The van der Waals surface area contributed by atoms with Gasteiger partial charge in [0.2, 0.25) is 0 Å². The summed E-state index contributed by atoms with van der Waals surface area (Å²) in [5.41, 5.74) is 1.08. The second kappa shape index (κ2) is 5.72. The van der Waals surface area contributed by atoms with E-state index in [0.29, 0.717) is 6.79 Å². The Morgan fingerprint density at radius 1 is 1.38 bits per heavy atom. The van der Waals surface area contributed by atoms with Gasteiger partial charge in [-0.05, 0) is 30.7 Å². The van der Waals surface area contributed by atoms with Crippen LogP contribution in [0.25, 0.3) is 0 Å². The zero-order valence-electron chi connectivity index (χ0n) is 9.44. The van der Waals surface area contributed by atoms with Crippen molar-refractivity contribution in [3.63, 3.8) is 0 Å². The average Bonchev–Trinajstić information content (AvgIpc) is 2.38. The van der Waals surface area contributed by atoms with Crippen LogP contribution in [0, 0.1) is 0 Å². The third kappa shape index (κ3) is 3.12. The molecule has 1 aromatic rings. The molecule has 1 aromatic carbocycles. The molecule has 0 bridgehead atoms. The van der Waals surface area contributed by atoms with Gasteiger partial charge in [-0.3, -0.25) is 0 Å². The zero-order chi connectivity index (χ0) is 11.2. The first-order valence-electron chi connectivity index (χ1n) is 5.46. The summed E-state index contributed by atoms with van der Waals surface area (Å²) in [7, 11) is 1.66. The standard InChI is InChI=1S/C12H17NO3/c1-14-11-4-2-10(3-5-11)13-8-12-6-7-15-9-16-12/h2-5,12-13H,6-9H2,1H3. The molecule has 0 aliphatic carbocycles. The van der Waals surface area contributed by atoms with E-state index in [1.165, 1.54) is 0 Å². The molecule has 1 saturated heterocycles. The van der Waals surface area contributed by atoms with E-state index in [1.54, 1.807) is 7.11 Å². The van der Waals surface area contributed by atoms with Crippen molar-refractivity contribution in [1.29, 1.82) is 0 Å². The third-order valence-electron chi connectivity index (χ3n) is 2.60. The summed E-state index contributed by atoms with van der Waals surface area (Å²) in [6.45, 7) is 2.01. The number of hydrogen-bond donors (Lipinski definition) is 1. The van der Waals surface area contributed by atoms with E-state index in [-0.39, 0.29) is 6.10 Å². The lowest BCUT2D eigenvalue weighted by Gasteiger charge is -2.23. The quantitative estimate of drug-likeness (QED) is 0.846. The molecule has 4 nitrogen and oxygen atoms in total. The molecule has 0 radical (unpaired) electrons. The number of benzene rings is 1. The van der Waals surface area contributed by atoms with Gasteiger partial charge in [-0.25, -0.2) is 0 Å². The molecule has 1 heterocycles. The van der Waals surface area contributed by atoms with Crippen molar-refractivity contribution < 1.29 is 14.2 Å². The Hall–Kier alpha value is -1.26. The minimum Gasteiger partial charge on any atom is -0.497 e. The Labute approximate surface area is 95.5 Å². The molecule has 16 heavy (non-hydrogen) atoms. The number of hydrogen-bond acceptors (Lipinski definition) is 4. The monoisotopic (exact) mass is 223 g/mol. The van der Waals surface area contributed by atoms with Gasteiger partial charge < -0.3 is 19.5 Å². The first kappa shape index (κ1) is 11.2. The van der Waals surface area contributed by atoms with Gasteiger partial charge in [0.25, 0.3) is 0 Å². The minimum absolute atomic E-state index is 0.246. The van der Waals surface area contributed by atoms with Gasteiger partial charge >= 0.3 is 0 Å². The van der Waals surface area contributed by atoms with Gasteiger partial charge in [-0.2, -0.15) is 0 Å². The van der Waals surface area contributed by atoms with Crippen LogP contribution in [0.4, 0.5) is 5.69 Å². The highest BCUT2D eigenvalue weighted by Crippen LogP contribution is 2.15. The highest BCUT2D eigenvalue weighted by molar-refractivity contribution is 5.46. The van der Waals surface area contributed by atoms with Crippen LogP contribution in [-0.2, 0) is 9.47 Å². The van der Waals surface area contributed by atoms with Crippen LogP contribution in [-0.4, -0.2) is 33.2 Å². The predicted molar refractivity (Wildman–Crippen MR) is 61.8 cm³/mol. The summed E-state index contributed by atoms with van der Waals surface area (Å²) < 4.78 is 15.6. The maximum absolute atomic E-state index is 5.44. The Balaban J connectivity index is 1.79. The average molecular weight is 223 g/mol. The van der Waals surface area contributed by atoms with Gasteiger partial charge in [-0.15, -0.1) is 0 Å². The molecule has 1 atom stereocenters. The molecule has 0 aromatic heterocycles. The summed E-state index contributed by atoms with van der Waals surface area (Å²) in [6.07, 6.45) is 1.19. The minimum atomic E-state index is 0.246. The molecule has 88 valence electrons. The summed E-state index contributed by atoms with van der Waals surface area (Å²) in [6, 6.07) is 7.87. The zero-order valence-corrected chi connectivity index (χ0v) is 9.44. The molecule has 0 spiro atoms. The Morgan fingerprint density at radius 2 is 2.19 bits per heavy atom. The van der Waals surface area contributed by atoms with E-state index in [4.69, 9.17) is 14.2 Å². The summed E-state index contributed by atoms with van der Waals surface area (Å²) in [5, 5.41) is 3.33. The molecular formula is C12H17NO3. The Bertz CT molecular complexity index is 307. The highest BCUT2D eigenvalue weighted by Gasteiger charge is 2.13. The molecule has 1 fully saturated rings. The largest absolute Gasteiger partial charge is 0.497 e. The number of rotatable bonds is 4. The number of anilines is 1. The molecule has 2 rings (SSSR count). The van der Waals surface area contributed by atoms with Crippen molar-refractivity contribution in [1.82, 2.24) is 0 Å². The fourth-order valence-corrected chi connectivity index (χ4v) is 1.60. The predicted octanol–water partition coefficient (Wildman–Crippen LogP) is 1.87. The van der Waals surface area contributed by atoms with Crippen molar-refractivity contribution in [2.24, 2.45) is 0 Å². The van der Waals surface area contributed by atoms with Crippen molar-refractivity contribution in [2.75, 3.05) is 32.4 Å². The second-order valence-electron chi connectivity index (χ2n) is 3.71. The number of methoxy groups -OCH3 is 1. The fraction of sp³-hybridized carbons (Fsp3) is 0.500. The SMILES string of the molecule is COc1ccc(NCC2CCOCO2)cc1. The van der Waals surface area contributed by atoms with E-state index in [1.807, 2.05) is 24.3 Å². The van der Waals surface area contributed by atoms with Gasteiger partial charge in [0.1, 0.15) is 12.5 Å². The lowest BCUT2D eigenvalue weighted by Crippen LogP contribution is -2.30. The van der Waals surface area contributed by atoms with E-state index in [2.05, 4.69) is 5.32 Å². The van der Waals surface area contributed by atoms with Crippen LogP contribution in [0.5, 0.6) is 5.75 Å². The van der Waals surface area contributed by atoms with E-state index >= 15 is 0 Å². The van der Waals surface area contributed by atoms with Crippen LogP contribution >= 0.6 is 0 Å². The molecule has 0 saturated carbocycles. The van der Waals surface area contributed by atoms with E-state index in [0.717, 1.165) is 31.0 Å². The van der Waals surface area contributed by atoms with Crippen molar-refractivity contribution in [3.05, 3.63) is 24.3 Å². The van der Waals surface area contributed by atoms with Gasteiger partial charge in [0, 0.05) is 12.2 Å². The van der Waals surface area contributed by atoms with Crippen LogP contribution in [0.2, 0.25) is 0 Å². The van der Waals surface area contributed by atoms with Gasteiger partial charge in [0.15, 0.2) is 0 Å². The fourth-order valence-electron chi connectivity index (χ4n) is 1.60. The van der Waals surface area contributed by atoms with Crippen LogP contribution in [0.1, 0.15) is 6.42 Å². The van der Waals surface area contributed by atoms with Crippen LogP contribution < -0.4 is 10.1 Å².